The lowest BCUT2D eigenvalue weighted by atomic mass is 9.92. The number of nitrogens with one attached hydrogen (secondary N) is 1. The van der Waals surface area contributed by atoms with Crippen LogP contribution in [-0.2, 0) is 71.1 Å². The number of carbonyl (C=O) groups is 1. The molecule has 7 aliphatic heterocycles. The standard InChI is InChI=1S/C79H145N3O34/c1-5-7-9-11-13-15-17-19-21-23-25-27-29-31-45(88)44(82-53(89)32-30-28-26-24-22-20-18-16-14-12-10-8-6-2)40-105-76-67(101)72(60(94)48(36-84)109-76)104-41-52-54(80)62(96)69(50(38-86)108-52)113-78-68(102)73(61(95)49(37-85)110-78)115-75-55(81)71(103-34-33-46-58(92)63(97)56(90)42(3)106-46)70(51(39-87)112-75)114-79-74(65(99)59(93)47(35-83)111-79)116-77-66(100)64(98)57(91)43(4)107-77/h29,31,42-52,54-79,83-88,90-102H,5-28,30,32-41,80-81H2,1-4H3,(H,82,89)/b31-29+/t42?,43?,44?,45?,46-,47?,48?,49?,50?,51?,52?,54?,55?,56+,57+,58?,59-,60-,61-,62?,63?,64?,65?,66?,67?,68?,69?,70+,71?,72?,73?,74?,75-,76?,77-,78?,79-/m0/s1. The maximum Gasteiger partial charge on any atom is 0.220 e. The molecule has 0 spiro atoms. The molecule has 0 aromatic rings. The van der Waals surface area contributed by atoms with Crippen LogP contribution in [0.5, 0.6) is 0 Å². The number of allylic oxidation sites excluding steroid dienone is 1. The van der Waals surface area contributed by atoms with Crippen molar-refractivity contribution in [1.82, 2.24) is 5.32 Å². The predicted octanol–water partition coefficient (Wildman–Crippen LogP) is -3.20. The summed E-state index contributed by atoms with van der Waals surface area (Å²) in [5.74, 6) is -0.318. The molecule has 7 fully saturated rings. The molecule has 680 valence electrons. The van der Waals surface area contributed by atoms with E-state index in [1.807, 2.05) is 6.08 Å². The van der Waals surface area contributed by atoms with Crippen LogP contribution >= 0.6 is 0 Å². The number of amides is 1. The van der Waals surface area contributed by atoms with Crippen molar-refractivity contribution in [2.75, 3.05) is 52.9 Å². The van der Waals surface area contributed by atoms with Gasteiger partial charge in [-0.05, 0) is 39.5 Å². The summed E-state index contributed by atoms with van der Waals surface area (Å²) < 4.78 is 84.5. The lowest BCUT2D eigenvalue weighted by molar-refractivity contribution is -0.390. The SMILES string of the molecule is CCCCCCCCCCCCC/C=C/C(O)C(COC1OC(CO)[C@H](O)C(OCC2OC(CO)C(OC3OC(CO)[C@H](O)C(O[C@@H]4OC(CO)[C@@H](O[C@@H]5OC(CO)[C@H](O)C(O)C5O[C@@H]5OC(C)[C@@H](O)C(O)C5O)C(OCC[C@@H]5OC(C)[C@@H](O)C(O)C5O)C4N)C3O)C(O)C2N)C1O)NC(=O)CCCCCCCCCCCCCCC. The second-order valence-electron chi connectivity index (χ2n) is 32.5. The van der Waals surface area contributed by atoms with Crippen LogP contribution in [0.15, 0.2) is 12.2 Å². The summed E-state index contributed by atoms with van der Waals surface area (Å²) in [7, 11) is 0. The zero-order valence-corrected chi connectivity index (χ0v) is 68.0. The van der Waals surface area contributed by atoms with Crippen molar-refractivity contribution in [3.8, 4) is 0 Å². The average Bonchev–Trinajstić information content (AvgIpc) is 0.767. The molecule has 0 saturated carbocycles. The van der Waals surface area contributed by atoms with Crippen molar-refractivity contribution in [3.63, 3.8) is 0 Å². The number of aliphatic hydroxyl groups excluding tert-OH is 19. The van der Waals surface area contributed by atoms with Crippen LogP contribution in [0.4, 0.5) is 0 Å². The highest BCUT2D eigenvalue weighted by molar-refractivity contribution is 5.76. The molecule has 7 aliphatic rings. The van der Waals surface area contributed by atoms with Crippen molar-refractivity contribution >= 4 is 5.91 Å². The van der Waals surface area contributed by atoms with E-state index in [2.05, 4.69) is 19.2 Å². The Morgan fingerprint density at radius 3 is 1.38 bits per heavy atom. The third-order valence-electron chi connectivity index (χ3n) is 23.5. The van der Waals surface area contributed by atoms with Gasteiger partial charge in [-0.1, -0.05) is 167 Å². The molecule has 7 rings (SSSR count). The van der Waals surface area contributed by atoms with Crippen molar-refractivity contribution < 1.29 is 168 Å². The monoisotopic (exact) mass is 1680 g/mol. The number of carbonyl (C=O) groups excluding carboxylic acids is 1. The maximum absolute atomic E-state index is 13.6. The largest absolute Gasteiger partial charge is 0.394 e. The van der Waals surface area contributed by atoms with Crippen LogP contribution < -0.4 is 16.8 Å². The lowest BCUT2D eigenvalue weighted by Gasteiger charge is -2.51. The van der Waals surface area contributed by atoms with Gasteiger partial charge in [-0.2, -0.15) is 0 Å². The summed E-state index contributed by atoms with van der Waals surface area (Å²) >= 11 is 0. The van der Waals surface area contributed by atoms with Gasteiger partial charge in [-0.3, -0.25) is 4.79 Å². The highest BCUT2D eigenvalue weighted by Crippen LogP contribution is 2.38. The highest BCUT2D eigenvalue weighted by Gasteiger charge is 2.58. The molecular weight excluding hydrogens is 1530 g/mol. The summed E-state index contributed by atoms with van der Waals surface area (Å²) in [4.78, 5) is 13.6. The summed E-state index contributed by atoms with van der Waals surface area (Å²) in [6.45, 7) is 1.11. The second-order valence-corrected chi connectivity index (χ2v) is 32.5. The van der Waals surface area contributed by atoms with Crippen molar-refractivity contribution in [3.05, 3.63) is 12.2 Å². The number of nitrogens with two attached hydrogens (primary N) is 2. The number of rotatable bonds is 52. The Balaban J connectivity index is 1.000. The molecule has 1 amide bonds. The zero-order chi connectivity index (χ0) is 84.7. The summed E-state index contributed by atoms with van der Waals surface area (Å²) in [5.41, 5.74) is 13.5. The number of aliphatic hydroxyl groups is 19. The van der Waals surface area contributed by atoms with Crippen molar-refractivity contribution in [1.29, 1.82) is 0 Å². The summed E-state index contributed by atoms with van der Waals surface area (Å²) in [6, 6.07) is -4.23. The first-order chi connectivity index (χ1) is 55.7. The van der Waals surface area contributed by atoms with Crippen LogP contribution in [0.2, 0.25) is 0 Å². The van der Waals surface area contributed by atoms with E-state index in [-0.39, 0.29) is 18.7 Å². The minimum absolute atomic E-state index is 0.196. The van der Waals surface area contributed by atoms with E-state index in [9.17, 15) is 102 Å². The van der Waals surface area contributed by atoms with Crippen LogP contribution in [0.3, 0.4) is 0 Å². The normalized spacial score (nSPS) is 40.5. The van der Waals surface area contributed by atoms with E-state index in [1.165, 1.54) is 110 Å². The van der Waals surface area contributed by atoms with Gasteiger partial charge in [-0.15, -0.1) is 0 Å². The third kappa shape index (κ3) is 28.9. The molecule has 0 aromatic carbocycles. The fourth-order valence-corrected chi connectivity index (χ4v) is 16.1. The lowest BCUT2D eigenvalue weighted by Crippen LogP contribution is -2.70. The van der Waals surface area contributed by atoms with Gasteiger partial charge in [0.2, 0.25) is 5.91 Å². The van der Waals surface area contributed by atoms with E-state index in [1.54, 1.807) is 6.08 Å². The zero-order valence-electron chi connectivity index (χ0n) is 68.0. The Kier molecular flexibility index (Phi) is 45.7. The maximum atomic E-state index is 13.6. The Morgan fingerprint density at radius 2 is 0.810 bits per heavy atom. The molecular formula is C79H145N3O34. The number of ether oxygens (including phenoxy) is 14. The van der Waals surface area contributed by atoms with E-state index in [0.29, 0.717) is 12.8 Å². The summed E-state index contributed by atoms with van der Waals surface area (Å²) in [6.07, 6.45) is -25.6. The molecule has 37 heteroatoms. The van der Waals surface area contributed by atoms with E-state index < -0.39 is 279 Å². The number of hydrogen-bond donors (Lipinski definition) is 22. The van der Waals surface area contributed by atoms with Crippen LogP contribution in [0, 0.1) is 0 Å². The second kappa shape index (κ2) is 52.6. The van der Waals surface area contributed by atoms with Gasteiger partial charge in [0, 0.05) is 13.0 Å². The molecule has 116 heavy (non-hydrogen) atoms. The van der Waals surface area contributed by atoms with E-state index >= 15 is 0 Å². The number of hydrogen-bond acceptors (Lipinski definition) is 36. The van der Waals surface area contributed by atoms with Gasteiger partial charge >= 0.3 is 0 Å². The van der Waals surface area contributed by atoms with Gasteiger partial charge in [0.05, 0.1) is 94.9 Å². The number of unbranched alkanes of at least 4 members (excludes halogenated alkanes) is 23. The predicted molar refractivity (Wildman–Crippen MR) is 409 cm³/mol. The van der Waals surface area contributed by atoms with E-state index in [4.69, 9.17) is 77.8 Å². The average molecular weight is 1680 g/mol. The van der Waals surface area contributed by atoms with Crippen molar-refractivity contribution in [2.45, 2.75) is 428 Å². The quantitative estimate of drug-likeness (QED) is 0.0211. The Hall–Kier alpha value is -2.19. The van der Waals surface area contributed by atoms with Gasteiger partial charge in [-0.25, -0.2) is 0 Å². The third-order valence-corrected chi connectivity index (χ3v) is 23.5. The molecule has 24 N–H and O–H groups in total. The minimum Gasteiger partial charge on any atom is -0.394 e. The molecule has 7 heterocycles. The van der Waals surface area contributed by atoms with Gasteiger partial charge in [0.1, 0.15) is 146 Å². The molecule has 37 atom stereocenters. The molecule has 0 aromatic heterocycles. The van der Waals surface area contributed by atoms with Crippen LogP contribution in [0.1, 0.15) is 201 Å². The highest BCUT2D eigenvalue weighted by atomic mass is 16.8. The molecule has 0 bridgehead atoms. The topological polar surface area (TPSA) is 595 Å². The molecule has 27 unspecified atom stereocenters. The molecule has 0 radical (unpaired) electrons. The first kappa shape index (κ1) is 101. The van der Waals surface area contributed by atoms with Crippen LogP contribution in [0.25, 0.3) is 0 Å². The molecule has 7 saturated heterocycles. The Bertz CT molecular complexity index is 2660. The van der Waals surface area contributed by atoms with Gasteiger partial charge < -0.3 is 180 Å². The Labute approximate surface area is 681 Å². The van der Waals surface area contributed by atoms with Gasteiger partial charge in [0.15, 0.2) is 31.5 Å². The smallest absolute Gasteiger partial charge is 0.220 e. The van der Waals surface area contributed by atoms with Gasteiger partial charge in [0.25, 0.3) is 0 Å². The fraction of sp³-hybridized carbons (Fsp3) is 0.962. The molecule has 37 nitrogen and oxygen atoms in total. The first-order valence-corrected chi connectivity index (χ1v) is 42.8. The first-order valence-electron chi connectivity index (χ1n) is 42.8. The van der Waals surface area contributed by atoms with Crippen LogP contribution in [-0.4, -0.2) is 382 Å². The minimum atomic E-state index is -2.16. The van der Waals surface area contributed by atoms with Crippen molar-refractivity contribution in [2.24, 2.45) is 11.5 Å². The molecule has 0 aliphatic carbocycles. The summed E-state index contributed by atoms with van der Waals surface area (Å²) in [5, 5.41) is 213. The van der Waals surface area contributed by atoms with E-state index in [0.717, 1.165) is 51.4 Å². The Morgan fingerprint density at radius 1 is 0.371 bits per heavy atom. The fourth-order valence-electron chi connectivity index (χ4n) is 16.1.